The number of para-hydroxylation sites is 2. The number of nitrogens with one attached hydrogen (secondary N) is 1. The van der Waals surface area contributed by atoms with E-state index in [1.54, 1.807) is 0 Å². The Morgan fingerprint density at radius 3 is 2.10 bits per heavy atom. The minimum Gasteiger partial charge on any atom is -0.457 e. The molecular weight excluding hydrogens is 246 g/mol. The summed E-state index contributed by atoms with van der Waals surface area (Å²) >= 11 is 0. The molecule has 2 aromatic carbocycles. The molecule has 0 bridgehead atoms. The molecule has 20 heavy (non-hydrogen) atoms. The first-order chi connectivity index (χ1) is 9.75. The molecule has 2 aromatic rings. The molecule has 0 atom stereocenters. The van der Waals surface area contributed by atoms with E-state index in [4.69, 9.17) is 4.74 Å². The van der Waals surface area contributed by atoms with Crippen molar-refractivity contribution in [2.75, 3.05) is 6.54 Å². The van der Waals surface area contributed by atoms with Crippen LogP contribution >= 0.6 is 0 Å². The highest BCUT2D eigenvalue weighted by atomic mass is 16.5. The van der Waals surface area contributed by atoms with Crippen molar-refractivity contribution in [1.29, 1.82) is 0 Å². The second kappa shape index (κ2) is 5.51. The lowest BCUT2D eigenvalue weighted by atomic mass is 9.94. The molecule has 2 nitrogen and oxygen atoms in total. The van der Waals surface area contributed by atoms with Gasteiger partial charge in [0.05, 0.1) is 6.04 Å². The molecular formula is C18H19NO. The van der Waals surface area contributed by atoms with E-state index in [0.29, 0.717) is 0 Å². The van der Waals surface area contributed by atoms with Gasteiger partial charge in [0.15, 0.2) is 0 Å². The Labute approximate surface area is 120 Å². The summed E-state index contributed by atoms with van der Waals surface area (Å²) in [6.45, 7) is 5.09. The maximum atomic E-state index is 5.98. The Kier molecular flexibility index (Phi) is 3.57. The lowest BCUT2D eigenvalue weighted by Crippen LogP contribution is -2.25. The normalized spacial score (nSPS) is 13.1. The minimum atomic E-state index is 0.187. The van der Waals surface area contributed by atoms with Gasteiger partial charge in [-0.15, -0.1) is 0 Å². The molecule has 0 aromatic heterocycles. The average molecular weight is 265 g/mol. The van der Waals surface area contributed by atoms with E-state index >= 15 is 0 Å². The van der Waals surface area contributed by atoms with Gasteiger partial charge in [-0.25, -0.2) is 0 Å². The lowest BCUT2D eigenvalue weighted by molar-refractivity contribution is 0.432. The molecule has 0 radical (unpaired) electrons. The van der Waals surface area contributed by atoms with Gasteiger partial charge < -0.3 is 10.1 Å². The number of allylic oxidation sites excluding steroid dienone is 1. The molecule has 1 heterocycles. The van der Waals surface area contributed by atoms with Crippen molar-refractivity contribution < 1.29 is 4.74 Å². The summed E-state index contributed by atoms with van der Waals surface area (Å²) in [5, 5.41) is 3.61. The fourth-order valence-corrected chi connectivity index (χ4v) is 2.51. The summed E-state index contributed by atoms with van der Waals surface area (Å²) in [6, 6.07) is 16.7. The van der Waals surface area contributed by atoms with E-state index < -0.39 is 0 Å². The van der Waals surface area contributed by atoms with Crippen LogP contribution in [-0.2, 0) is 0 Å². The fraction of sp³-hybridized carbons (Fsp3) is 0.222. The number of hydrogen-bond acceptors (Lipinski definition) is 2. The lowest BCUT2D eigenvalue weighted by Gasteiger charge is -2.28. The summed E-state index contributed by atoms with van der Waals surface area (Å²) in [6.07, 6.45) is 2.21. The second-order valence-electron chi connectivity index (χ2n) is 5.30. The van der Waals surface area contributed by atoms with Crippen molar-refractivity contribution >= 4 is 0 Å². The predicted octanol–water partition coefficient (Wildman–Crippen LogP) is 4.44. The number of benzene rings is 2. The van der Waals surface area contributed by atoms with Crippen LogP contribution in [0.15, 0.2) is 60.2 Å². The van der Waals surface area contributed by atoms with Gasteiger partial charge in [-0.3, -0.25) is 0 Å². The van der Waals surface area contributed by atoms with Crippen LogP contribution in [0.5, 0.6) is 11.5 Å². The molecule has 0 spiro atoms. The van der Waals surface area contributed by atoms with E-state index in [-0.39, 0.29) is 6.04 Å². The van der Waals surface area contributed by atoms with Crippen LogP contribution in [0, 0.1) is 0 Å². The van der Waals surface area contributed by atoms with Crippen LogP contribution in [0.1, 0.15) is 31.0 Å². The number of fused-ring (bicyclic) bond motifs is 2. The quantitative estimate of drug-likeness (QED) is 0.828. The smallest absolute Gasteiger partial charge is 0.132 e. The summed E-state index contributed by atoms with van der Waals surface area (Å²) in [7, 11) is 0. The van der Waals surface area contributed by atoms with Gasteiger partial charge in [0, 0.05) is 17.7 Å². The van der Waals surface area contributed by atoms with Gasteiger partial charge in [0.2, 0.25) is 0 Å². The van der Waals surface area contributed by atoms with Gasteiger partial charge in [-0.2, -0.15) is 0 Å². The van der Waals surface area contributed by atoms with Gasteiger partial charge >= 0.3 is 0 Å². The Morgan fingerprint density at radius 2 is 1.55 bits per heavy atom. The average Bonchev–Trinajstić information content (AvgIpc) is 2.46. The monoisotopic (exact) mass is 265 g/mol. The molecule has 1 N–H and O–H groups in total. The van der Waals surface area contributed by atoms with E-state index in [9.17, 15) is 0 Å². The third kappa shape index (κ3) is 2.47. The largest absolute Gasteiger partial charge is 0.457 e. The minimum absolute atomic E-state index is 0.187. The van der Waals surface area contributed by atoms with Gasteiger partial charge in [-0.1, -0.05) is 48.0 Å². The molecule has 1 aliphatic rings. The van der Waals surface area contributed by atoms with Crippen LogP contribution in [0.2, 0.25) is 0 Å². The highest BCUT2D eigenvalue weighted by Gasteiger charge is 2.25. The zero-order chi connectivity index (χ0) is 13.9. The maximum Gasteiger partial charge on any atom is 0.132 e. The van der Waals surface area contributed by atoms with Crippen molar-refractivity contribution in [3.8, 4) is 11.5 Å². The van der Waals surface area contributed by atoms with Crippen molar-refractivity contribution in [3.05, 3.63) is 71.3 Å². The Hall–Kier alpha value is -2.06. The Balaban J connectivity index is 1.97. The number of ether oxygens (including phenoxy) is 1. The van der Waals surface area contributed by atoms with Gasteiger partial charge in [0.25, 0.3) is 0 Å². The van der Waals surface area contributed by atoms with E-state index in [1.165, 1.54) is 16.7 Å². The third-order valence-electron chi connectivity index (χ3n) is 3.51. The standard InChI is InChI=1S/C18H19NO/c1-13(2)11-12-19-18-14-7-3-5-9-16(14)20-17-10-6-4-8-15(17)18/h3-11,18-19H,12H2,1-2H3. The Bertz CT molecular complexity index is 596. The number of rotatable bonds is 3. The second-order valence-corrected chi connectivity index (χ2v) is 5.30. The first-order valence-corrected chi connectivity index (χ1v) is 6.98. The van der Waals surface area contributed by atoms with Crippen molar-refractivity contribution in [2.45, 2.75) is 19.9 Å². The topological polar surface area (TPSA) is 21.3 Å². The van der Waals surface area contributed by atoms with E-state index in [1.807, 2.05) is 24.3 Å². The first kappa shape index (κ1) is 12.9. The molecule has 102 valence electrons. The Morgan fingerprint density at radius 1 is 1.00 bits per heavy atom. The van der Waals surface area contributed by atoms with E-state index in [2.05, 4.69) is 49.5 Å². The van der Waals surface area contributed by atoms with Crippen LogP contribution in [0.3, 0.4) is 0 Å². The maximum absolute atomic E-state index is 5.98. The highest BCUT2D eigenvalue weighted by Crippen LogP contribution is 2.42. The van der Waals surface area contributed by atoms with Gasteiger partial charge in [0.1, 0.15) is 11.5 Å². The van der Waals surface area contributed by atoms with Crippen LogP contribution in [-0.4, -0.2) is 6.54 Å². The van der Waals surface area contributed by atoms with Crippen LogP contribution in [0.4, 0.5) is 0 Å². The summed E-state index contributed by atoms with van der Waals surface area (Å²) in [5.74, 6) is 1.89. The van der Waals surface area contributed by atoms with Crippen molar-refractivity contribution in [2.24, 2.45) is 0 Å². The molecule has 0 aliphatic carbocycles. The predicted molar refractivity (Wildman–Crippen MR) is 82.2 cm³/mol. The molecule has 0 fully saturated rings. The van der Waals surface area contributed by atoms with Crippen LogP contribution < -0.4 is 10.1 Å². The van der Waals surface area contributed by atoms with E-state index in [0.717, 1.165) is 18.0 Å². The zero-order valence-corrected chi connectivity index (χ0v) is 11.9. The fourth-order valence-electron chi connectivity index (χ4n) is 2.51. The van der Waals surface area contributed by atoms with Crippen molar-refractivity contribution in [1.82, 2.24) is 5.32 Å². The molecule has 1 aliphatic heterocycles. The molecule has 2 heteroatoms. The third-order valence-corrected chi connectivity index (χ3v) is 3.51. The zero-order valence-electron chi connectivity index (χ0n) is 11.9. The summed E-state index contributed by atoms with van der Waals surface area (Å²) in [4.78, 5) is 0. The molecule has 3 rings (SSSR count). The number of hydrogen-bond donors (Lipinski definition) is 1. The molecule has 0 amide bonds. The van der Waals surface area contributed by atoms with Gasteiger partial charge in [-0.05, 0) is 26.0 Å². The first-order valence-electron chi connectivity index (χ1n) is 6.98. The molecule has 0 saturated heterocycles. The summed E-state index contributed by atoms with van der Waals surface area (Å²) in [5.41, 5.74) is 3.73. The summed E-state index contributed by atoms with van der Waals surface area (Å²) < 4.78 is 5.98. The SMILES string of the molecule is CC(C)=CCNC1c2ccccc2Oc2ccccc21. The molecule has 0 saturated carbocycles. The highest BCUT2D eigenvalue weighted by molar-refractivity contribution is 5.52. The molecule has 0 unspecified atom stereocenters. The van der Waals surface area contributed by atoms with Crippen LogP contribution in [0.25, 0.3) is 0 Å². The van der Waals surface area contributed by atoms with Crippen molar-refractivity contribution in [3.63, 3.8) is 0 Å².